The van der Waals surface area contributed by atoms with Crippen molar-refractivity contribution in [3.05, 3.63) is 18.0 Å². The van der Waals surface area contributed by atoms with Crippen LogP contribution in [0.15, 0.2) is 12.3 Å². The van der Waals surface area contributed by atoms with Gasteiger partial charge >= 0.3 is 0 Å². The third-order valence-corrected chi connectivity index (χ3v) is 4.03. The van der Waals surface area contributed by atoms with E-state index in [2.05, 4.69) is 66.0 Å². The Hall–Kier alpha value is -0.520. The van der Waals surface area contributed by atoms with Gasteiger partial charge in [0.15, 0.2) is 0 Å². The van der Waals surface area contributed by atoms with Gasteiger partial charge in [-0.25, -0.2) is 9.97 Å². The summed E-state index contributed by atoms with van der Waals surface area (Å²) in [6, 6.07) is 2.47. The van der Waals surface area contributed by atoms with Gasteiger partial charge in [-0.2, -0.15) is 0 Å². The Labute approximate surface area is 131 Å². The first kappa shape index (κ1) is 14.9. The van der Waals surface area contributed by atoms with Gasteiger partial charge in [-0.15, -0.1) is 0 Å². The fourth-order valence-corrected chi connectivity index (χ4v) is 2.55. The first-order valence-corrected chi connectivity index (χ1v) is 9.67. The lowest BCUT2D eigenvalue weighted by atomic mass is 10.2. The third-order valence-electron chi connectivity index (χ3n) is 3.19. The van der Waals surface area contributed by atoms with Crippen molar-refractivity contribution in [2.75, 3.05) is 31.1 Å². The average molecular weight is 388 g/mol. The molecule has 0 radical (unpaired) electrons. The molecule has 102 valence electrons. The number of anilines is 1. The molecular formula is C13H17IN4S. The zero-order valence-corrected chi connectivity index (χ0v) is 14.1. The summed E-state index contributed by atoms with van der Waals surface area (Å²) in [6.45, 7) is 8.58. The van der Waals surface area contributed by atoms with E-state index in [1.165, 1.54) is 8.93 Å². The van der Waals surface area contributed by atoms with E-state index in [1.807, 2.05) is 6.07 Å². The second-order valence-electron chi connectivity index (χ2n) is 4.66. The van der Waals surface area contributed by atoms with E-state index in [9.17, 15) is 0 Å². The van der Waals surface area contributed by atoms with Gasteiger partial charge in [-0.1, -0.05) is 0 Å². The molecule has 0 N–H and O–H groups in total. The maximum atomic E-state index is 4.51. The Bertz CT molecular complexity index is 475. The minimum atomic E-state index is 0.612. The largest absolute Gasteiger partial charge is 0.338 e. The summed E-state index contributed by atoms with van der Waals surface area (Å²) in [5.41, 5.74) is 0.792. The molecule has 1 aromatic heterocycles. The monoisotopic (exact) mass is 388 g/mol. The highest BCUT2D eigenvalue weighted by Gasteiger charge is 2.20. The number of rotatable bonds is 2. The molecule has 4 nitrogen and oxygen atoms in total. The molecular weight excluding hydrogens is 371 g/mol. The number of hydrogen-bond acceptors (Lipinski definition) is 5. The standard InChI is InChI=1S/C13H17IN4S/c1-11(2)17-6-8-18(9-7-17)13-15-5-3-12(16-13)4-10-19-14/h3,5,11H,6-9H2,1-2H3. The highest BCUT2D eigenvalue weighted by molar-refractivity contribution is 14.2. The van der Waals surface area contributed by atoms with E-state index in [1.54, 1.807) is 6.20 Å². The fourth-order valence-electron chi connectivity index (χ4n) is 2.08. The van der Waals surface area contributed by atoms with E-state index in [-0.39, 0.29) is 0 Å². The van der Waals surface area contributed by atoms with Crippen molar-refractivity contribution < 1.29 is 0 Å². The van der Waals surface area contributed by atoms with E-state index in [0.717, 1.165) is 37.8 Å². The van der Waals surface area contributed by atoms with Crippen LogP contribution in [0.1, 0.15) is 19.5 Å². The van der Waals surface area contributed by atoms with Crippen LogP contribution < -0.4 is 4.90 Å². The predicted octanol–water partition coefficient (Wildman–Crippen LogP) is 2.40. The zero-order chi connectivity index (χ0) is 13.7. The van der Waals surface area contributed by atoms with Crippen molar-refractivity contribution in [3.8, 4) is 11.2 Å². The molecule has 0 spiro atoms. The average Bonchev–Trinajstić information content (AvgIpc) is 2.45. The van der Waals surface area contributed by atoms with Crippen molar-refractivity contribution in [3.63, 3.8) is 0 Å². The lowest BCUT2D eigenvalue weighted by Gasteiger charge is -2.36. The Morgan fingerprint density at radius 2 is 2.05 bits per heavy atom. The van der Waals surface area contributed by atoms with Gasteiger partial charge in [-0.05, 0) is 40.0 Å². The van der Waals surface area contributed by atoms with E-state index in [4.69, 9.17) is 0 Å². The molecule has 0 saturated carbocycles. The smallest absolute Gasteiger partial charge is 0.226 e. The lowest BCUT2D eigenvalue weighted by Crippen LogP contribution is -2.49. The maximum absolute atomic E-state index is 4.51. The highest BCUT2D eigenvalue weighted by Crippen LogP contribution is 2.13. The molecule has 2 rings (SSSR count). The minimum Gasteiger partial charge on any atom is -0.338 e. The molecule has 2 heterocycles. The summed E-state index contributed by atoms with van der Waals surface area (Å²) in [4.78, 5) is 13.6. The molecule has 0 atom stereocenters. The van der Waals surface area contributed by atoms with Crippen LogP contribution in [0.5, 0.6) is 0 Å². The highest BCUT2D eigenvalue weighted by atomic mass is 127. The van der Waals surface area contributed by atoms with Crippen LogP contribution in [-0.4, -0.2) is 47.1 Å². The first-order valence-electron chi connectivity index (χ1n) is 6.31. The Morgan fingerprint density at radius 1 is 1.32 bits per heavy atom. The van der Waals surface area contributed by atoms with Gasteiger partial charge in [-0.3, -0.25) is 4.90 Å². The van der Waals surface area contributed by atoms with E-state index in [0.29, 0.717) is 6.04 Å². The van der Waals surface area contributed by atoms with Crippen LogP contribution >= 0.6 is 30.1 Å². The second-order valence-corrected chi connectivity index (χ2v) is 6.34. The SMILES string of the molecule is CC(C)N1CCN(c2nccc(C#CSI)n2)CC1. The zero-order valence-electron chi connectivity index (χ0n) is 11.1. The minimum absolute atomic E-state index is 0.612. The fraction of sp³-hybridized carbons (Fsp3) is 0.538. The molecule has 1 aromatic rings. The number of hydrogen-bond donors (Lipinski definition) is 0. The van der Waals surface area contributed by atoms with Gasteiger partial charge in [0.25, 0.3) is 0 Å². The Balaban J connectivity index is 2.03. The molecule has 1 saturated heterocycles. The maximum Gasteiger partial charge on any atom is 0.226 e. The van der Waals surface area contributed by atoms with Crippen LogP contribution in [0.2, 0.25) is 0 Å². The van der Waals surface area contributed by atoms with Gasteiger partial charge in [0, 0.05) is 59.6 Å². The third kappa shape index (κ3) is 4.23. The first-order chi connectivity index (χ1) is 9.20. The van der Waals surface area contributed by atoms with Crippen molar-refractivity contribution in [1.82, 2.24) is 14.9 Å². The number of piperazine rings is 1. The molecule has 0 amide bonds. The Morgan fingerprint density at radius 3 is 2.68 bits per heavy atom. The molecule has 1 aliphatic rings. The lowest BCUT2D eigenvalue weighted by molar-refractivity contribution is 0.208. The molecule has 0 bridgehead atoms. The van der Waals surface area contributed by atoms with Crippen LogP contribution in [0.3, 0.4) is 0 Å². The van der Waals surface area contributed by atoms with Crippen LogP contribution in [0, 0.1) is 11.2 Å². The summed E-state index contributed by atoms with van der Waals surface area (Å²) in [5, 5.41) is 2.95. The van der Waals surface area contributed by atoms with Crippen LogP contribution in [0.4, 0.5) is 5.95 Å². The molecule has 1 aliphatic heterocycles. The molecule has 19 heavy (non-hydrogen) atoms. The second kappa shape index (κ2) is 7.31. The summed E-state index contributed by atoms with van der Waals surface area (Å²) < 4.78 is 0. The van der Waals surface area contributed by atoms with Crippen molar-refractivity contribution in [2.45, 2.75) is 19.9 Å². The van der Waals surface area contributed by atoms with Crippen molar-refractivity contribution >= 4 is 36.1 Å². The number of nitrogens with zero attached hydrogens (tertiary/aromatic N) is 4. The van der Waals surface area contributed by atoms with Gasteiger partial charge in [0.05, 0.1) is 0 Å². The molecule has 0 aliphatic carbocycles. The quantitative estimate of drug-likeness (QED) is 0.574. The van der Waals surface area contributed by atoms with Crippen LogP contribution in [-0.2, 0) is 0 Å². The summed E-state index contributed by atoms with van der Waals surface area (Å²) in [6.07, 6.45) is 1.79. The van der Waals surface area contributed by atoms with E-state index >= 15 is 0 Å². The van der Waals surface area contributed by atoms with Crippen molar-refractivity contribution in [2.24, 2.45) is 0 Å². The van der Waals surface area contributed by atoms with E-state index < -0.39 is 0 Å². The summed E-state index contributed by atoms with van der Waals surface area (Å²) >= 11 is 2.16. The Kier molecular flexibility index (Phi) is 5.73. The van der Waals surface area contributed by atoms with Gasteiger partial charge < -0.3 is 4.90 Å². The molecule has 0 unspecified atom stereocenters. The molecule has 0 aromatic carbocycles. The summed E-state index contributed by atoms with van der Waals surface area (Å²) in [7, 11) is 1.47. The predicted molar refractivity (Wildman–Crippen MR) is 89.4 cm³/mol. The van der Waals surface area contributed by atoms with Gasteiger partial charge in [0.1, 0.15) is 5.69 Å². The molecule has 6 heteroatoms. The number of aromatic nitrogens is 2. The number of halogens is 1. The molecule has 1 fully saturated rings. The van der Waals surface area contributed by atoms with Crippen molar-refractivity contribution in [1.29, 1.82) is 0 Å². The van der Waals surface area contributed by atoms with Crippen LogP contribution in [0.25, 0.3) is 0 Å². The topological polar surface area (TPSA) is 32.3 Å². The normalized spacial score (nSPS) is 16.3. The summed E-state index contributed by atoms with van der Waals surface area (Å²) in [5.74, 6) is 3.82. The van der Waals surface area contributed by atoms with Gasteiger partial charge in [0.2, 0.25) is 5.95 Å².